The van der Waals surface area contributed by atoms with Crippen LogP contribution in [0.5, 0.6) is 5.75 Å². The van der Waals surface area contributed by atoms with Gasteiger partial charge in [-0.3, -0.25) is 9.20 Å². The van der Waals surface area contributed by atoms with Gasteiger partial charge >= 0.3 is 0 Å². The Kier molecular flexibility index (Phi) is 3.06. The number of ketones is 1. The van der Waals surface area contributed by atoms with Gasteiger partial charge in [-0.15, -0.1) is 0 Å². The SMILES string of the molecule is COc1cccc(-c2cn3c(C)c(C(C)=O)sc3n2)c1. The van der Waals surface area contributed by atoms with Gasteiger partial charge in [0, 0.05) is 24.4 Å². The molecule has 0 fully saturated rings. The van der Waals surface area contributed by atoms with Crippen molar-refractivity contribution in [3.05, 3.63) is 41.0 Å². The smallest absolute Gasteiger partial charge is 0.195 e. The Morgan fingerprint density at radius 2 is 2.20 bits per heavy atom. The molecule has 4 nitrogen and oxygen atoms in total. The molecule has 102 valence electrons. The number of rotatable bonds is 3. The fourth-order valence-corrected chi connectivity index (χ4v) is 3.20. The van der Waals surface area contributed by atoms with E-state index in [0.29, 0.717) is 0 Å². The Hall–Kier alpha value is -2.14. The topological polar surface area (TPSA) is 43.6 Å². The first-order valence-corrected chi connectivity index (χ1v) is 7.05. The molecule has 3 rings (SSSR count). The molecule has 0 unspecified atom stereocenters. The molecule has 0 aliphatic heterocycles. The molecule has 0 N–H and O–H groups in total. The van der Waals surface area contributed by atoms with Gasteiger partial charge in [-0.2, -0.15) is 0 Å². The average molecular weight is 286 g/mol. The van der Waals surface area contributed by atoms with E-state index in [9.17, 15) is 4.79 Å². The Labute approximate surface area is 120 Å². The van der Waals surface area contributed by atoms with Crippen LogP contribution in [0.2, 0.25) is 0 Å². The third-order valence-corrected chi connectivity index (χ3v) is 4.50. The minimum absolute atomic E-state index is 0.0842. The van der Waals surface area contributed by atoms with Crippen LogP contribution in [0, 0.1) is 6.92 Å². The summed E-state index contributed by atoms with van der Waals surface area (Å²) in [5.74, 6) is 0.890. The predicted octanol–water partition coefficient (Wildman–Crippen LogP) is 3.58. The molecule has 0 bridgehead atoms. The maximum absolute atomic E-state index is 11.5. The molecule has 1 aromatic carbocycles. The first-order chi connectivity index (χ1) is 9.60. The lowest BCUT2D eigenvalue weighted by molar-refractivity contribution is 0.102. The summed E-state index contributed by atoms with van der Waals surface area (Å²) in [6.07, 6.45) is 1.96. The molecular weight excluding hydrogens is 272 g/mol. The zero-order valence-corrected chi connectivity index (χ0v) is 12.3. The second-order valence-corrected chi connectivity index (χ2v) is 5.56. The summed E-state index contributed by atoms with van der Waals surface area (Å²) >= 11 is 1.43. The summed E-state index contributed by atoms with van der Waals surface area (Å²) in [6, 6.07) is 7.79. The summed E-state index contributed by atoms with van der Waals surface area (Å²) in [4.78, 5) is 17.7. The van der Waals surface area contributed by atoms with E-state index in [4.69, 9.17) is 4.74 Å². The molecule has 2 heterocycles. The number of ether oxygens (including phenoxy) is 1. The predicted molar refractivity (Wildman–Crippen MR) is 79.8 cm³/mol. The van der Waals surface area contributed by atoms with Gasteiger partial charge in [0.25, 0.3) is 0 Å². The summed E-state index contributed by atoms with van der Waals surface area (Å²) in [6.45, 7) is 3.53. The van der Waals surface area contributed by atoms with Gasteiger partial charge in [0.15, 0.2) is 10.7 Å². The minimum Gasteiger partial charge on any atom is -0.497 e. The van der Waals surface area contributed by atoms with Crippen molar-refractivity contribution in [2.24, 2.45) is 0 Å². The highest BCUT2D eigenvalue weighted by atomic mass is 32.1. The van der Waals surface area contributed by atoms with E-state index < -0.39 is 0 Å². The first-order valence-electron chi connectivity index (χ1n) is 6.24. The summed E-state index contributed by atoms with van der Waals surface area (Å²) < 4.78 is 7.20. The Bertz CT molecular complexity index is 801. The van der Waals surface area contributed by atoms with Crippen molar-refractivity contribution in [2.45, 2.75) is 13.8 Å². The molecule has 3 aromatic rings. The van der Waals surface area contributed by atoms with Crippen LogP contribution < -0.4 is 4.74 Å². The van der Waals surface area contributed by atoms with Crippen LogP contribution in [0.15, 0.2) is 30.5 Å². The van der Waals surface area contributed by atoms with Crippen LogP contribution in [-0.4, -0.2) is 22.3 Å². The third kappa shape index (κ3) is 2.00. The summed E-state index contributed by atoms with van der Waals surface area (Å²) in [5.41, 5.74) is 2.83. The molecule has 0 saturated heterocycles. The van der Waals surface area contributed by atoms with Gasteiger partial charge in [0.2, 0.25) is 0 Å². The van der Waals surface area contributed by atoms with Crippen LogP contribution in [-0.2, 0) is 0 Å². The maximum Gasteiger partial charge on any atom is 0.195 e. The minimum atomic E-state index is 0.0842. The van der Waals surface area contributed by atoms with Gasteiger partial charge in [-0.1, -0.05) is 23.5 Å². The van der Waals surface area contributed by atoms with E-state index in [1.807, 2.05) is 41.8 Å². The Morgan fingerprint density at radius 1 is 1.40 bits per heavy atom. The molecule has 20 heavy (non-hydrogen) atoms. The van der Waals surface area contributed by atoms with E-state index in [1.54, 1.807) is 14.0 Å². The normalized spacial score (nSPS) is 10.9. The Morgan fingerprint density at radius 3 is 2.85 bits per heavy atom. The number of imidazole rings is 1. The quantitative estimate of drug-likeness (QED) is 0.691. The highest BCUT2D eigenvalue weighted by molar-refractivity contribution is 7.19. The van der Waals surface area contributed by atoms with E-state index >= 15 is 0 Å². The van der Waals surface area contributed by atoms with E-state index in [2.05, 4.69) is 4.98 Å². The molecule has 0 amide bonds. The van der Waals surface area contributed by atoms with Crippen molar-refractivity contribution >= 4 is 22.1 Å². The molecule has 0 aliphatic rings. The molecule has 0 radical (unpaired) electrons. The van der Waals surface area contributed by atoms with Gasteiger partial charge in [0.05, 0.1) is 17.7 Å². The largest absolute Gasteiger partial charge is 0.497 e. The van der Waals surface area contributed by atoms with Crippen molar-refractivity contribution in [2.75, 3.05) is 7.11 Å². The van der Waals surface area contributed by atoms with E-state index in [0.717, 1.165) is 32.5 Å². The number of hydrogen-bond donors (Lipinski definition) is 0. The van der Waals surface area contributed by atoms with Crippen LogP contribution in [0.1, 0.15) is 22.3 Å². The summed E-state index contributed by atoms with van der Waals surface area (Å²) in [7, 11) is 1.65. The zero-order chi connectivity index (χ0) is 14.3. The van der Waals surface area contributed by atoms with Gasteiger partial charge < -0.3 is 4.74 Å². The van der Waals surface area contributed by atoms with Crippen LogP contribution in [0.25, 0.3) is 16.2 Å². The van der Waals surface area contributed by atoms with Gasteiger partial charge in [-0.05, 0) is 19.1 Å². The number of thiazole rings is 1. The number of hydrogen-bond acceptors (Lipinski definition) is 4. The number of fused-ring (bicyclic) bond motifs is 1. The highest BCUT2D eigenvalue weighted by Gasteiger charge is 2.15. The molecule has 0 spiro atoms. The number of nitrogens with zero attached hydrogens (tertiary/aromatic N) is 2. The van der Waals surface area contributed by atoms with Crippen molar-refractivity contribution in [1.29, 1.82) is 0 Å². The van der Waals surface area contributed by atoms with E-state index in [1.165, 1.54) is 11.3 Å². The highest BCUT2D eigenvalue weighted by Crippen LogP contribution is 2.28. The molecular formula is C15H14N2O2S. The number of aryl methyl sites for hydroxylation is 1. The number of carbonyl (C=O) groups excluding carboxylic acids is 1. The standard InChI is InChI=1S/C15H14N2O2S/c1-9-14(10(2)18)20-15-16-13(8-17(9)15)11-5-4-6-12(7-11)19-3/h4-8H,1-3H3. The van der Waals surface area contributed by atoms with Crippen LogP contribution >= 0.6 is 11.3 Å². The lowest BCUT2D eigenvalue weighted by Crippen LogP contribution is -1.92. The Balaban J connectivity index is 2.11. The number of carbonyl (C=O) groups is 1. The molecule has 2 aromatic heterocycles. The second kappa shape index (κ2) is 4.76. The fraction of sp³-hybridized carbons (Fsp3) is 0.200. The lowest BCUT2D eigenvalue weighted by atomic mass is 10.1. The van der Waals surface area contributed by atoms with Crippen molar-refractivity contribution < 1.29 is 9.53 Å². The third-order valence-electron chi connectivity index (χ3n) is 3.24. The molecule has 0 saturated carbocycles. The number of methoxy groups -OCH3 is 1. The monoisotopic (exact) mass is 286 g/mol. The maximum atomic E-state index is 11.5. The zero-order valence-electron chi connectivity index (χ0n) is 11.5. The van der Waals surface area contributed by atoms with E-state index in [-0.39, 0.29) is 5.78 Å². The fourth-order valence-electron chi connectivity index (χ4n) is 2.20. The first kappa shape index (κ1) is 12.9. The van der Waals surface area contributed by atoms with Gasteiger partial charge in [-0.25, -0.2) is 4.98 Å². The van der Waals surface area contributed by atoms with Crippen molar-refractivity contribution in [3.63, 3.8) is 0 Å². The summed E-state index contributed by atoms with van der Waals surface area (Å²) in [5, 5.41) is 0. The van der Waals surface area contributed by atoms with Crippen molar-refractivity contribution in [3.8, 4) is 17.0 Å². The van der Waals surface area contributed by atoms with Gasteiger partial charge in [0.1, 0.15) is 5.75 Å². The number of aromatic nitrogens is 2. The van der Waals surface area contributed by atoms with Crippen LogP contribution in [0.4, 0.5) is 0 Å². The van der Waals surface area contributed by atoms with Crippen LogP contribution in [0.3, 0.4) is 0 Å². The molecule has 0 atom stereocenters. The second-order valence-electron chi connectivity index (χ2n) is 4.58. The molecule has 5 heteroatoms. The molecule has 0 aliphatic carbocycles. The lowest BCUT2D eigenvalue weighted by Gasteiger charge is -2.01. The van der Waals surface area contributed by atoms with Crippen molar-refractivity contribution in [1.82, 2.24) is 9.38 Å². The average Bonchev–Trinajstić information content (AvgIpc) is 2.99. The number of benzene rings is 1. The number of Topliss-reactive ketones (excluding diaryl/α,β-unsaturated/α-hetero) is 1.